The van der Waals surface area contributed by atoms with Crippen molar-refractivity contribution in [3.05, 3.63) is 72.4 Å². The predicted molar refractivity (Wildman–Crippen MR) is 90.9 cm³/mol. The van der Waals surface area contributed by atoms with Crippen molar-refractivity contribution in [3.8, 4) is 11.3 Å². The molecule has 0 radical (unpaired) electrons. The van der Waals surface area contributed by atoms with Crippen LogP contribution in [0.3, 0.4) is 0 Å². The molecule has 0 spiro atoms. The van der Waals surface area contributed by atoms with Crippen LogP contribution < -0.4 is 0 Å². The summed E-state index contributed by atoms with van der Waals surface area (Å²) in [4.78, 5) is 15.6. The number of hydrogen-bond acceptors (Lipinski definition) is 3. The van der Waals surface area contributed by atoms with Crippen LogP contribution in [0.1, 0.15) is 16.9 Å². The Labute approximate surface area is 133 Å². The molecule has 0 fully saturated rings. The maximum atomic E-state index is 4.66. The first-order valence-corrected chi connectivity index (χ1v) is 7.56. The molecule has 1 atom stereocenters. The van der Waals surface area contributed by atoms with Crippen molar-refractivity contribution in [3.63, 3.8) is 0 Å². The van der Waals surface area contributed by atoms with Gasteiger partial charge in [-0.2, -0.15) is 12.6 Å². The molecule has 2 N–H and O–H groups in total. The lowest BCUT2D eigenvalue weighted by molar-refractivity contribution is 0.938. The molecule has 0 aliphatic carbocycles. The van der Waals surface area contributed by atoms with E-state index in [1.54, 1.807) is 0 Å². The van der Waals surface area contributed by atoms with E-state index in [-0.39, 0.29) is 5.25 Å². The number of H-pyrrole nitrogens is 2. The Morgan fingerprint density at radius 1 is 0.864 bits per heavy atom. The van der Waals surface area contributed by atoms with Crippen molar-refractivity contribution in [1.82, 2.24) is 19.9 Å². The highest BCUT2D eigenvalue weighted by Gasteiger charge is 2.17. The van der Waals surface area contributed by atoms with E-state index in [1.165, 1.54) is 0 Å². The molecule has 4 rings (SSSR count). The van der Waals surface area contributed by atoms with Crippen LogP contribution in [-0.4, -0.2) is 19.9 Å². The quantitative estimate of drug-likeness (QED) is 0.502. The van der Waals surface area contributed by atoms with Crippen LogP contribution in [0.25, 0.3) is 22.3 Å². The lowest BCUT2D eigenvalue weighted by Gasteiger charge is -2.03. The third-order valence-corrected chi connectivity index (χ3v) is 4.10. The minimum absolute atomic E-state index is 0.218. The highest BCUT2D eigenvalue weighted by atomic mass is 32.1. The summed E-state index contributed by atoms with van der Waals surface area (Å²) in [5.41, 5.74) is 4.02. The zero-order valence-corrected chi connectivity index (χ0v) is 12.6. The molecule has 0 aliphatic rings. The van der Waals surface area contributed by atoms with Crippen molar-refractivity contribution in [2.75, 3.05) is 0 Å². The lowest BCUT2D eigenvalue weighted by atomic mass is 10.2. The van der Waals surface area contributed by atoms with E-state index in [1.807, 2.05) is 60.8 Å². The number of aromatic nitrogens is 4. The Balaban J connectivity index is 1.68. The number of para-hydroxylation sites is 2. The van der Waals surface area contributed by atoms with Crippen molar-refractivity contribution in [2.24, 2.45) is 0 Å². The third-order valence-electron chi connectivity index (χ3n) is 3.61. The SMILES string of the molecule is SC(c1ncc(-c2ccccc2)[nH]1)c1nc2ccccc2[nH]1. The van der Waals surface area contributed by atoms with Crippen LogP contribution in [-0.2, 0) is 0 Å². The number of nitrogens with zero attached hydrogens (tertiary/aromatic N) is 2. The molecule has 5 heteroatoms. The second kappa shape index (κ2) is 5.35. The average Bonchev–Trinajstić information content (AvgIpc) is 3.22. The molecule has 2 aromatic heterocycles. The van der Waals surface area contributed by atoms with E-state index in [9.17, 15) is 0 Å². The smallest absolute Gasteiger partial charge is 0.127 e. The molecular weight excluding hydrogens is 292 g/mol. The van der Waals surface area contributed by atoms with Gasteiger partial charge in [-0.15, -0.1) is 0 Å². The van der Waals surface area contributed by atoms with Gasteiger partial charge in [-0.25, -0.2) is 9.97 Å². The van der Waals surface area contributed by atoms with E-state index in [4.69, 9.17) is 0 Å². The summed E-state index contributed by atoms with van der Waals surface area (Å²) >= 11 is 4.66. The first-order valence-electron chi connectivity index (χ1n) is 7.04. The number of hydrogen-bond donors (Lipinski definition) is 3. The average molecular weight is 306 g/mol. The molecule has 4 aromatic rings. The number of thiol groups is 1. The zero-order valence-electron chi connectivity index (χ0n) is 11.7. The van der Waals surface area contributed by atoms with Gasteiger partial charge < -0.3 is 9.97 Å². The summed E-state index contributed by atoms with van der Waals surface area (Å²) in [5.74, 6) is 1.57. The highest BCUT2D eigenvalue weighted by molar-refractivity contribution is 7.80. The van der Waals surface area contributed by atoms with Gasteiger partial charge >= 0.3 is 0 Å². The van der Waals surface area contributed by atoms with Gasteiger partial charge in [-0.3, -0.25) is 0 Å². The molecule has 0 saturated heterocycles. The minimum Gasteiger partial charge on any atom is -0.341 e. The first kappa shape index (κ1) is 13.2. The van der Waals surface area contributed by atoms with E-state index in [2.05, 4.69) is 32.6 Å². The zero-order chi connectivity index (χ0) is 14.9. The van der Waals surface area contributed by atoms with Gasteiger partial charge in [-0.05, 0) is 17.7 Å². The number of benzene rings is 2. The van der Waals surface area contributed by atoms with Gasteiger partial charge in [0.25, 0.3) is 0 Å². The fourth-order valence-corrected chi connectivity index (χ4v) is 2.73. The molecule has 0 aliphatic heterocycles. The Hall–Kier alpha value is -2.53. The number of nitrogens with one attached hydrogen (secondary N) is 2. The van der Waals surface area contributed by atoms with E-state index >= 15 is 0 Å². The standard InChI is InChI=1S/C17H14N4S/c22-15(17-19-12-8-4-5-9-13(12)20-17)16-18-10-14(21-16)11-6-2-1-3-7-11/h1-10,15,22H,(H,18,21)(H,19,20). The van der Waals surface area contributed by atoms with Crippen molar-refractivity contribution >= 4 is 23.7 Å². The van der Waals surface area contributed by atoms with Gasteiger partial charge in [0.1, 0.15) is 16.9 Å². The Kier molecular flexibility index (Phi) is 3.20. The topological polar surface area (TPSA) is 57.4 Å². The largest absolute Gasteiger partial charge is 0.341 e. The molecule has 2 heterocycles. The summed E-state index contributed by atoms with van der Waals surface area (Å²) in [6.45, 7) is 0. The maximum absolute atomic E-state index is 4.66. The molecular formula is C17H14N4S. The number of fused-ring (bicyclic) bond motifs is 1. The highest BCUT2D eigenvalue weighted by Crippen LogP contribution is 2.27. The van der Waals surface area contributed by atoms with Crippen LogP contribution >= 0.6 is 12.6 Å². The Bertz CT molecular complexity index is 877. The summed E-state index contributed by atoms with van der Waals surface area (Å²) in [6.07, 6.45) is 1.83. The predicted octanol–water partition coefficient (Wildman–Crippen LogP) is 3.97. The monoisotopic (exact) mass is 306 g/mol. The van der Waals surface area contributed by atoms with Gasteiger partial charge in [-0.1, -0.05) is 42.5 Å². The molecule has 0 saturated carbocycles. The molecule has 22 heavy (non-hydrogen) atoms. The number of aromatic amines is 2. The fraction of sp³-hybridized carbons (Fsp3) is 0.0588. The second-order valence-electron chi connectivity index (χ2n) is 5.09. The van der Waals surface area contributed by atoms with Crippen molar-refractivity contribution in [1.29, 1.82) is 0 Å². The van der Waals surface area contributed by atoms with E-state index < -0.39 is 0 Å². The van der Waals surface area contributed by atoms with Crippen molar-refractivity contribution < 1.29 is 0 Å². The molecule has 0 bridgehead atoms. The Morgan fingerprint density at radius 2 is 1.64 bits per heavy atom. The van der Waals surface area contributed by atoms with Crippen LogP contribution in [0.4, 0.5) is 0 Å². The molecule has 1 unspecified atom stereocenters. The number of rotatable bonds is 3. The van der Waals surface area contributed by atoms with Gasteiger partial charge in [0, 0.05) is 0 Å². The van der Waals surface area contributed by atoms with Crippen LogP contribution in [0.5, 0.6) is 0 Å². The van der Waals surface area contributed by atoms with Crippen LogP contribution in [0.15, 0.2) is 60.8 Å². The Morgan fingerprint density at radius 3 is 2.45 bits per heavy atom. The van der Waals surface area contributed by atoms with Gasteiger partial charge in [0.15, 0.2) is 0 Å². The normalized spacial score (nSPS) is 12.6. The minimum atomic E-state index is -0.218. The summed E-state index contributed by atoms with van der Waals surface area (Å²) < 4.78 is 0. The summed E-state index contributed by atoms with van der Waals surface area (Å²) in [6, 6.07) is 18.0. The van der Waals surface area contributed by atoms with Crippen molar-refractivity contribution in [2.45, 2.75) is 5.25 Å². The van der Waals surface area contributed by atoms with E-state index in [0.29, 0.717) is 0 Å². The van der Waals surface area contributed by atoms with Crippen LogP contribution in [0.2, 0.25) is 0 Å². The first-order chi connectivity index (χ1) is 10.8. The molecule has 2 aromatic carbocycles. The number of imidazole rings is 2. The van der Waals surface area contributed by atoms with E-state index in [0.717, 1.165) is 33.9 Å². The molecule has 4 nitrogen and oxygen atoms in total. The summed E-state index contributed by atoms with van der Waals surface area (Å²) in [5, 5.41) is -0.218. The lowest BCUT2D eigenvalue weighted by Crippen LogP contribution is -1.98. The van der Waals surface area contributed by atoms with Gasteiger partial charge in [0.05, 0.1) is 22.9 Å². The second-order valence-corrected chi connectivity index (χ2v) is 5.61. The summed E-state index contributed by atoms with van der Waals surface area (Å²) in [7, 11) is 0. The van der Waals surface area contributed by atoms with Gasteiger partial charge in [0.2, 0.25) is 0 Å². The third kappa shape index (κ3) is 2.29. The fourth-order valence-electron chi connectivity index (χ4n) is 2.47. The molecule has 0 amide bonds. The van der Waals surface area contributed by atoms with Crippen LogP contribution in [0, 0.1) is 0 Å². The molecule has 108 valence electrons. The maximum Gasteiger partial charge on any atom is 0.127 e.